The van der Waals surface area contributed by atoms with Gasteiger partial charge in [-0.05, 0) is 25.3 Å². The Morgan fingerprint density at radius 1 is 1.47 bits per heavy atom. The van der Waals surface area contributed by atoms with Gasteiger partial charge in [0.05, 0.1) is 24.6 Å². The number of alkyl halides is 1. The van der Waals surface area contributed by atoms with Crippen molar-refractivity contribution in [2.75, 3.05) is 18.1 Å². The second-order valence-corrected chi connectivity index (χ2v) is 5.01. The second-order valence-electron chi connectivity index (χ2n) is 4.74. The molecule has 1 aromatic heterocycles. The molecule has 1 aliphatic carbocycles. The molecule has 17 heavy (non-hydrogen) atoms. The van der Waals surface area contributed by atoms with Crippen molar-refractivity contribution in [3.63, 3.8) is 0 Å². The molecule has 2 fully saturated rings. The zero-order valence-corrected chi connectivity index (χ0v) is 10.6. The topological polar surface area (TPSA) is 25.4 Å². The summed E-state index contributed by atoms with van der Waals surface area (Å²) in [7, 11) is 0. The fourth-order valence-electron chi connectivity index (χ4n) is 3.03. The summed E-state index contributed by atoms with van der Waals surface area (Å²) in [5.41, 5.74) is 2.37. The third-order valence-corrected chi connectivity index (χ3v) is 4.10. The van der Waals surface area contributed by atoms with Crippen molar-refractivity contribution in [1.82, 2.24) is 4.98 Å². The molecule has 2 aliphatic rings. The van der Waals surface area contributed by atoms with Crippen LogP contribution in [-0.4, -0.2) is 30.3 Å². The normalized spacial score (nSPS) is 28.2. The summed E-state index contributed by atoms with van der Waals surface area (Å²) in [4.78, 5) is 6.63. The lowest BCUT2D eigenvalue weighted by molar-refractivity contribution is 0.0256. The number of hydrogen-bond acceptors (Lipinski definition) is 3. The zero-order chi connectivity index (χ0) is 11.7. The molecule has 0 radical (unpaired) electrons. The molecule has 1 aliphatic heterocycles. The van der Waals surface area contributed by atoms with Crippen LogP contribution in [0, 0.1) is 0 Å². The highest BCUT2D eigenvalue weighted by molar-refractivity contribution is 6.17. The number of nitrogens with zero attached hydrogens (tertiary/aromatic N) is 2. The highest BCUT2D eigenvalue weighted by atomic mass is 35.5. The van der Waals surface area contributed by atoms with Gasteiger partial charge in [0.2, 0.25) is 0 Å². The van der Waals surface area contributed by atoms with Gasteiger partial charge >= 0.3 is 0 Å². The van der Waals surface area contributed by atoms with Gasteiger partial charge in [-0.1, -0.05) is 0 Å². The van der Waals surface area contributed by atoms with Crippen LogP contribution in [-0.2, 0) is 10.6 Å². The second kappa shape index (κ2) is 4.83. The lowest BCUT2D eigenvalue weighted by Gasteiger charge is -2.40. The van der Waals surface area contributed by atoms with E-state index in [1.165, 1.54) is 24.9 Å². The van der Waals surface area contributed by atoms with E-state index in [9.17, 15) is 0 Å². The number of fused-ring (bicyclic) bond motifs is 1. The van der Waals surface area contributed by atoms with Crippen molar-refractivity contribution in [2.45, 2.75) is 37.3 Å². The molecule has 0 aromatic carbocycles. The summed E-state index contributed by atoms with van der Waals surface area (Å²) in [6.45, 7) is 1.79. The molecule has 2 unspecified atom stereocenters. The van der Waals surface area contributed by atoms with Gasteiger partial charge in [0.25, 0.3) is 0 Å². The van der Waals surface area contributed by atoms with Crippen LogP contribution < -0.4 is 4.90 Å². The summed E-state index contributed by atoms with van der Waals surface area (Å²) in [5.74, 6) is 0.526. The van der Waals surface area contributed by atoms with E-state index in [4.69, 9.17) is 16.3 Å². The summed E-state index contributed by atoms with van der Waals surface area (Å²) < 4.78 is 5.84. The number of hydrogen-bond donors (Lipinski definition) is 0. The minimum atomic E-state index is 0.417. The van der Waals surface area contributed by atoms with E-state index in [0.29, 0.717) is 18.0 Å². The Hall–Kier alpha value is -0.800. The Bertz CT molecular complexity index is 399. The van der Waals surface area contributed by atoms with Crippen molar-refractivity contribution in [3.05, 3.63) is 24.0 Å². The first kappa shape index (κ1) is 11.3. The molecule has 92 valence electrons. The van der Waals surface area contributed by atoms with Crippen molar-refractivity contribution >= 4 is 17.3 Å². The molecule has 2 atom stereocenters. The first-order valence-electron chi connectivity index (χ1n) is 6.27. The molecular weight excluding hydrogens is 236 g/mol. The maximum Gasteiger partial charge on any atom is 0.0779 e. The van der Waals surface area contributed by atoms with Gasteiger partial charge in [0.15, 0.2) is 0 Å². The maximum atomic E-state index is 6.00. The lowest BCUT2D eigenvalue weighted by atomic mass is 10.1. The predicted octanol–water partition coefficient (Wildman–Crippen LogP) is 2.58. The Morgan fingerprint density at radius 3 is 3.29 bits per heavy atom. The fraction of sp³-hybridized carbons (Fsp3) is 0.615. The SMILES string of the molecule is ClCc1cnccc1N1CCOC2CCCC21. The van der Waals surface area contributed by atoms with E-state index >= 15 is 0 Å². The third-order valence-electron chi connectivity index (χ3n) is 3.81. The largest absolute Gasteiger partial charge is 0.374 e. The number of ether oxygens (including phenoxy) is 1. The summed E-state index contributed by atoms with van der Waals surface area (Å²) in [6, 6.07) is 2.62. The van der Waals surface area contributed by atoms with Crippen LogP contribution in [0.4, 0.5) is 5.69 Å². The first-order valence-corrected chi connectivity index (χ1v) is 6.80. The molecular formula is C13H17ClN2O. The number of pyridine rings is 1. The number of halogens is 1. The zero-order valence-electron chi connectivity index (χ0n) is 9.81. The van der Waals surface area contributed by atoms with Crippen LogP contribution in [0.1, 0.15) is 24.8 Å². The van der Waals surface area contributed by atoms with E-state index < -0.39 is 0 Å². The number of anilines is 1. The molecule has 4 heteroatoms. The lowest BCUT2D eigenvalue weighted by Crippen LogP contribution is -2.49. The summed E-state index contributed by atoms with van der Waals surface area (Å²) in [5, 5.41) is 0. The van der Waals surface area contributed by atoms with Gasteiger partial charge in [-0.2, -0.15) is 0 Å². The molecule has 1 saturated heterocycles. The summed E-state index contributed by atoms with van der Waals surface area (Å²) >= 11 is 6.00. The van der Waals surface area contributed by atoms with Gasteiger partial charge in [-0.25, -0.2) is 0 Å². The van der Waals surface area contributed by atoms with E-state index in [1.54, 1.807) is 0 Å². The van der Waals surface area contributed by atoms with Gasteiger partial charge in [0, 0.05) is 30.2 Å². The average Bonchev–Trinajstić information content (AvgIpc) is 2.86. The monoisotopic (exact) mass is 252 g/mol. The minimum absolute atomic E-state index is 0.417. The highest BCUT2D eigenvalue weighted by Gasteiger charge is 2.36. The molecule has 0 amide bonds. The standard InChI is InChI=1S/C13H17ClN2O/c14-8-10-9-15-5-4-11(10)16-6-7-17-13-3-1-2-12(13)16/h4-5,9,12-13H,1-3,6-8H2. The van der Waals surface area contributed by atoms with Gasteiger partial charge < -0.3 is 9.64 Å². The van der Waals surface area contributed by atoms with E-state index in [1.807, 2.05) is 12.4 Å². The molecule has 1 aromatic rings. The van der Waals surface area contributed by atoms with Crippen LogP contribution in [0.2, 0.25) is 0 Å². The molecule has 2 heterocycles. The van der Waals surface area contributed by atoms with Crippen molar-refractivity contribution in [2.24, 2.45) is 0 Å². The molecule has 3 nitrogen and oxygen atoms in total. The Balaban J connectivity index is 1.91. The molecule has 3 rings (SSSR count). The minimum Gasteiger partial charge on any atom is -0.374 e. The predicted molar refractivity (Wildman–Crippen MR) is 68.5 cm³/mol. The van der Waals surface area contributed by atoms with Crippen molar-refractivity contribution < 1.29 is 4.74 Å². The van der Waals surface area contributed by atoms with Crippen LogP contribution in [0.3, 0.4) is 0 Å². The van der Waals surface area contributed by atoms with Gasteiger partial charge in [0.1, 0.15) is 0 Å². The smallest absolute Gasteiger partial charge is 0.0779 e. The van der Waals surface area contributed by atoms with E-state index in [0.717, 1.165) is 18.7 Å². The molecule has 0 spiro atoms. The quantitative estimate of drug-likeness (QED) is 0.757. The number of morpholine rings is 1. The van der Waals surface area contributed by atoms with E-state index in [2.05, 4.69) is 16.0 Å². The summed E-state index contributed by atoms with van der Waals surface area (Å²) in [6.07, 6.45) is 7.84. The number of rotatable bonds is 2. The van der Waals surface area contributed by atoms with Crippen molar-refractivity contribution in [3.8, 4) is 0 Å². The average molecular weight is 253 g/mol. The Kier molecular flexibility index (Phi) is 3.21. The van der Waals surface area contributed by atoms with Crippen molar-refractivity contribution in [1.29, 1.82) is 0 Å². The van der Waals surface area contributed by atoms with E-state index in [-0.39, 0.29) is 0 Å². The number of aromatic nitrogens is 1. The van der Waals surface area contributed by atoms with Crippen LogP contribution in [0.15, 0.2) is 18.5 Å². The molecule has 0 bridgehead atoms. The molecule has 1 saturated carbocycles. The first-order chi connectivity index (χ1) is 8.40. The Labute approximate surface area is 107 Å². The Morgan fingerprint density at radius 2 is 2.41 bits per heavy atom. The van der Waals surface area contributed by atoms with Crippen LogP contribution in [0.25, 0.3) is 0 Å². The van der Waals surface area contributed by atoms with Crippen LogP contribution in [0.5, 0.6) is 0 Å². The fourth-order valence-corrected chi connectivity index (χ4v) is 3.23. The van der Waals surface area contributed by atoms with Gasteiger partial charge in [-0.3, -0.25) is 4.98 Å². The van der Waals surface area contributed by atoms with Crippen LogP contribution >= 0.6 is 11.6 Å². The highest BCUT2D eigenvalue weighted by Crippen LogP contribution is 2.34. The molecule has 0 N–H and O–H groups in total. The maximum absolute atomic E-state index is 6.00. The van der Waals surface area contributed by atoms with Gasteiger partial charge in [-0.15, -0.1) is 11.6 Å². The third kappa shape index (κ3) is 2.02.